The van der Waals surface area contributed by atoms with Crippen molar-refractivity contribution in [3.8, 4) is 5.75 Å². The van der Waals surface area contributed by atoms with E-state index in [1.165, 1.54) is 0 Å². The molecule has 0 unspecified atom stereocenters. The number of carbonyl (C=O) groups excluding carboxylic acids is 1. The summed E-state index contributed by atoms with van der Waals surface area (Å²) in [7, 11) is 1.88. The van der Waals surface area contributed by atoms with Gasteiger partial charge >= 0.3 is 0 Å². The van der Waals surface area contributed by atoms with Crippen molar-refractivity contribution in [2.45, 2.75) is 0 Å². The first-order valence-corrected chi connectivity index (χ1v) is 5.48. The van der Waals surface area contributed by atoms with Gasteiger partial charge in [0.05, 0.1) is 12.1 Å². The van der Waals surface area contributed by atoms with Crippen LogP contribution in [0.2, 0.25) is 0 Å². The molecule has 1 heterocycles. The van der Waals surface area contributed by atoms with Crippen molar-refractivity contribution in [1.29, 1.82) is 0 Å². The van der Waals surface area contributed by atoms with Gasteiger partial charge in [-0.15, -0.1) is 0 Å². The predicted molar refractivity (Wildman–Crippen MR) is 61.8 cm³/mol. The van der Waals surface area contributed by atoms with Crippen molar-refractivity contribution in [2.24, 2.45) is 0 Å². The fraction of sp³-hybridized carbons (Fsp3) is 0.417. The number of fused-ring (bicyclic) bond motifs is 1. The highest BCUT2D eigenvalue weighted by Gasteiger charge is 2.22. The van der Waals surface area contributed by atoms with Crippen LogP contribution < -0.4 is 10.1 Å². The number of amides is 1. The fourth-order valence-electron chi connectivity index (χ4n) is 1.77. The summed E-state index contributed by atoms with van der Waals surface area (Å²) >= 11 is 0. The fourth-order valence-corrected chi connectivity index (χ4v) is 1.77. The molecule has 2 rings (SSSR count). The highest BCUT2D eigenvalue weighted by atomic mass is 16.5. The third-order valence-corrected chi connectivity index (χ3v) is 2.66. The maximum atomic E-state index is 12.2. The largest absolute Gasteiger partial charge is 0.491 e. The first-order chi connectivity index (χ1) is 7.83. The number of carbonyl (C=O) groups is 1. The number of nitrogens with one attached hydrogen (secondary N) is 1. The summed E-state index contributed by atoms with van der Waals surface area (Å²) in [5.41, 5.74) is 0.663. The molecule has 0 radical (unpaired) electrons. The molecule has 0 saturated carbocycles. The molecule has 0 fully saturated rings. The van der Waals surface area contributed by atoms with Crippen LogP contribution in [-0.2, 0) is 0 Å². The van der Waals surface area contributed by atoms with Gasteiger partial charge in [0.1, 0.15) is 12.4 Å². The van der Waals surface area contributed by atoms with Gasteiger partial charge in [0.25, 0.3) is 5.91 Å². The van der Waals surface area contributed by atoms with E-state index in [-0.39, 0.29) is 5.91 Å². The second kappa shape index (κ2) is 4.99. The van der Waals surface area contributed by atoms with Gasteiger partial charge in [-0.25, -0.2) is 0 Å². The molecular weight excluding hydrogens is 204 g/mol. The van der Waals surface area contributed by atoms with E-state index in [2.05, 4.69) is 5.32 Å². The van der Waals surface area contributed by atoms with E-state index in [1.807, 2.05) is 36.2 Å². The molecule has 1 aliphatic rings. The Balaban J connectivity index is 2.20. The molecule has 4 nitrogen and oxygen atoms in total. The van der Waals surface area contributed by atoms with Crippen molar-refractivity contribution in [2.75, 3.05) is 33.3 Å². The van der Waals surface area contributed by atoms with E-state index in [1.54, 1.807) is 0 Å². The van der Waals surface area contributed by atoms with Gasteiger partial charge in [-0.1, -0.05) is 12.1 Å². The van der Waals surface area contributed by atoms with E-state index in [9.17, 15) is 4.79 Å². The molecule has 1 N–H and O–H groups in total. The summed E-state index contributed by atoms with van der Waals surface area (Å²) < 4.78 is 5.55. The third-order valence-electron chi connectivity index (χ3n) is 2.66. The Morgan fingerprint density at radius 1 is 1.44 bits per heavy atom. The lowest BCUT2D eigenvalue weighted by Gasteiger charge is -2.19. The lowest BCUT2D eigenvalue weighted by atomic mass is 10.2. The quantitative estimate of drug-likeness (QED) is 0.817. The van der Waals surface area contributed by atoms with Crippen LogP contribution in [0.1, 0.15) is 10.4 Å². The predicted octanol–water partition coefficient (Wildman–Crippen LogP) is 0.741. The van der Waals surface area contributed by atoms with Gasteiger partial charge in [-0.3, -0.25) is 4.79 Å². The maximum absolute atomic E-state index is 12.2. The lowest BCUT2D eigenvalue weighted by Crippen LogP contribution is -2.37. The Labute approximate surface area is 95.2 Å². The molecule has 1 aliphatic heterocycles. The number of hydrogen-bond acceptors (Lipinski definition) is 3. The van der Waals surface area contributed by atoms with Gasteiger partial charge in [-0.05, 0) is 19.2 Å². The second-order valence-electron chi connectivity index (χ2n) is 3.74. The van der Waals surface area contributed by atoms with E-state index >= 15 is 0 Å². The number of ether oxygens (including phenoxy) is 1. The lowest BCUT2D eigenvalue weighted by molar-refractivity contribution is 0.0758. The van der Waals surface area contributed by atoms with Gasteiger partial charge in [0.15, 0.2) is 0 Å². The molecule has 1 aromatic rings. The van der Waals surface area contributed by atoms with Gasteiger partial charge in [0.2, 0.25) is 0 Å². The molecule has 0 aromatic heterocycles. The molecule has 0 saturated heterocycles. The Hall–Kier alpha value is -1.55. The monoisotopic (exact) mass is 220 g/mol. The zero-order chi connectivity index (χ0) is 11.4. The normalized spacial score (nSPS) is 15.3. The number of rotatable bonds is 3. The Bertz CT molecular complexity index is 377. The maximum Gasteiger partial charge on any atom is 0.257 e. The average molecular weight is 220 g/mol. The smallest absolute Gasteiger partial charge is 0.257 e. The SMILES string of the molecule is CNCCN1CCOc2ccccc2C1=O. The molecule has 0 bridgehead atoms. The van der Waals surface area contributed by atoms with Crippen LogP contribution in [-0.4, -0.2) is 44.1 Å². The summed E-state index contributed by atoms with van der Waals surface area (Å²) in [6.45, 7) is 2.72. The number of para-hydroxylation sites is 1. The molecule has 1 amide bonds. The van der Waals surface area contributed by atoms with E-state index in [4.69, 9.17) is 4.74 Å². The summed E-state index contributed by atoms with van der Waals surface area (Å²) in [6.07, 6.45) is 0. The molecule has 1 aromatic carbocycles. The van der Waals surface area contributed by atoms with Gasteiger partial charge in [-0.2, -0.15) is 0 Å². The zero-order valence-corrected chi connectivity index (χ0v) is 9.40. The molecule has 16 heavy (non-hydrogen) atoms. The van der Waals surface area contributed by atoms with Crippen LogP contribution in [0.15, 0.2) is 24.3 Å². The summed E-state index contributed by atoms with van der Waals surface area (Å²) in [6, 6.07) is 7.40. The summed E-state index contributed by atoms with van der Waals surface area (Å²) in [4.78, 5) is 14.0. The van der Waals surface area contributed by atoms with Crippen LogP contribution >= 0.6 is 0 Å². The highest BCUT2D eigenvalue weighted by Crippen LogP contribution is 2.22. The minimum absolute atomic E-state index is 0.0587. The molecule has 0 aliphatic carbocycles. The Morgan fingerprint density at radius 3 is 3.06 bits per heavy atom. The topological polar surface area (TPSA) is 41.6 Å². The van der Waals surface area contributed by atoms with E-state index in [0.29, 0.717) is 31.0 Å². The first-order valence-electron chi connectivity index (χ1n) is 5.48. The molecule has 0 spiro atoms. The van der Waals surface area contributed by atoms with Crippen LogP contribution in [0.5, 0.6) is 5.75 Å². The minimum Gasteiger partial charge on any atom is -0.491 e. The zero-order valence-electron chi connectivity index (χ0n) is 9.40. The molecular formula is C12H16N2O2. The van der Waals surface area contributed by atoms with Gasteiger partial charge < -0.3 is 15.0 Å². The number of hydrogen-bond donors (Lipinski definition) is 1. The van der Waals surface area contributed by atoms with Crippen molar-refractivity contribution in [3.05, 3.63) is 29.8 Å². The summed E-state index contributed by atoms with van der Waals surface area (Å²) in [5, 5.41) is 3.05. The van der Waals surface area contributed by atoms with Crippen molar-refractivity contribution in [1.82, 2.24) is 10.2 Å². The number of benzene rings is 1. The van der Waals surface area contributed by atoms with Crippen molar-refractivity contribution < 1.29 is 9.53 Å². The standard InChI is InChI=1S/C12H16N2O2/c1-13-6-7-14-8-9-16-11-5-3-2-4-10(11)12(14)15/h2-5,13H,6-9H2,1H3. The average Bonchev–Trinajstić information content (AvgIpc) is 2.47. The highest BCUT2D eigenvalue weighted by molar-refractivity contribution is 5.97. The number of likely N-dealkylation sites (N-methyl/N-ethyl adjacent to an activating group) is 1. The van der Waals surface area contributed by atoms with Gasteiger partial charge in [0, 0.05) is 13.1 Å². The molecule has 0 atom stereocenters. The van der Waals surface area contributed by atoms with E-state index in [0.717, 1.165) is 6.54 Å². The Kier molecular flexibility index (Phi) is 3.41. The third kappa shape index (κ3) is 2.17. The van der Waals surface area contributed by atoms with Crippen molar-refractivity contribution in [3.63, 3.8) is 0 Å². The number of nitrogens with zero attached hydrogens (tertiary/aromatic N) is 1. The van der Waals surface area contributed by atoms with Crippen LogP contribution in [0.25, 0.3) is 0 Å². The molecule has 86 valence electrons. The molecule has 4 heteroatoms. The first kappa shape index (κ1) is 11.0. The van der Waals surface area contributed by atoms with E-state index < -0.39 is 0 Å². The second-order valence-corrected chi connectivity index (χ2v) is 3.74. The van der Waals surface area contributed by atoms with Crippen LogP contribution in [0.3, 0.4) is 0 Å². The Morgan fingerprint density at radius 2 is 2.25 bits per heavy atom. The minimum atomic E-state index is 0.0587. The van der Waals surface area contributed by atoms with Crippen LogP contribution in [0, 0.1) is 0 Å². The van der Waals surface area contributed by atoms with Crippen molar-refractivity contribution >= 4 is 5.91 Å². The summed E-state index contributed by atoms with van der Waals surface area (Å²) in [5.74, 6) is 0.753. The van der Waals surface area contributed by atoms with Crippen LogP contribution in [0.4, 0.5) is 0 Å².